The summed E-state index contributed by atoms with van der Waals surface area (Å²) in [4.78, 5) is 16.0. The predicted molar refractivity (Wildman–Crippen MR) is 110 cm³/mol. The number of hydrogen-bond acceptors (Lipinski definition) is 2. The molecular weight excluding hydrogens is 320 g/mol. The highest BCUT2D eigenvalue weighted by molar-refractivity contribution is 5.84. The number of aliphatic imine (C=N–C) groups is 1. The second-order valence-corrected chi connectivity index (χ2v) is 6.29. The average molecular weight is 348 g/mol. The summed E-state index contributed by atoms with van der Waals surface area (Å²) in [6.45, 7) is 6.72. The standard InChI is InChI=1S/C23H28N2O/c1-4-20(15-16-24-17-19-9-7-6-8-10-19)22-13-11-21(12-14-22)18(3)25-23(26)5-2/h6-16,18H,4-5,17H2,1-3H3,(H,25,26)/b20-15+,24-16?. The smallest absolute Gasteiger partial charge is 0.220 e. The summed E-state index contributed by atoms with van der Waals surface area (Å²) in [5.41, 5.74) is 4.77. The zero-order chi connectivity index (χ0) is 18.8. The molecule has 0 bridgehead atoms. The van der Waals surface area contributed by atoms with E-state index in [-0.39, 0.29) is 11.9 Å². The molecule has 2 aromatic rings. The van der Waals surface area contributed by atoms with Crippen LogP contribution in [0.15, 0.2) is 65.7 Å². The van der Waals surface area contributed by atoms with Crippen molar-refractivity contribution in [3.8, 4) is 0 Å². The number of nitrogens with zero attached hydrogens (tertiary/aromatic N) is 1. The van der Waals surface area contributed by atoms with Crippen LogP contribution in [0.3, 0.4) is 0 Å². The van der Waals surface area contributed by atoms with Crippen LogP contribution in [0.2, 0.25) is 0 Å². The van der Waals surface area contributed by atoms with Crippen LogP contribution in [0.1, 0.15) is 56.3 Å². The van der Waals surface area contributed by atoms with E-state index in [0.29, 0.717) is 13.0 Å². The predicted octanol–water partition coefficient (Wildman–Crippen LogP) is 5.34. The Hall–Kier alpha value is -2.68. The Balaban J connectivity index is 2.01. The molecule has 1 unspecified atom stereocenters. The summed E-state index contributed by atoms with van der Waals surface area (Å²) in [6, 6.07) is 18.7. The average Bonchev–Trinajstić information content (AvgIpc) is 2.69. The fourth-order valence-electron chi connectivity index (χ4n) is 2.72. The Morgan fingerprint density at radius 1 is 1.04 bits per heavy atom. The van der Waals surface area contributed by atoms with Crippen LogP contribution in [0.25, 0.3) is 5.57 Å². The largest absolute Gasteiger partial charge is 0.350 e. The highest BCUT2D eigenvalue weighted by atomic mass is 16.1. The van der Waals surface area contributed by atoms with Crippen molar-refractivity contribution in [2.24, 2.45) is 4.99 Å². The van der Waals surface area contributed by atoms with Gasteiger partial charge in [0.1, 0.15) is 0 Å². The minimum Gasteiger partial charge on any atom is -0.350 e. The van der Waals surface area contributed by atoms with E-state index in [1.165, 1.54) is 16.7 Å². The maximum Gasteiger partial charge on any atom is 0.220 e. The van der Waals surface area contributed by atoms with Crippen molar-refractivity contribution < 1.29 is 4.79 Å². The third-order valence-corrected chi connectivity index (χ3v) is 4.36. The van der Waals surface area contributed by atoms with Crippen molar-refractivity contribution in [3.05, 3.63) is 77.4 Å². The topological polar surface area (TPSA) is 41.5 Å². The van der Waals surface area contributed by atoms with Gasteiger partial charge in [-0.25, -0.2) is 0 Å². The van der Waals surface area contributed by atoms with Gasteiger partial charge in [0.05, 0.1) is 12.6 Å². The number of carbonyl (C=O) groups excluding carboxylic acids is 1. The maximum atomic E-state index is 11.5. The van der Waals surface area contributed by atoms with E-state index in [1.54, 1.807) is 0 Å². The van der Waals surface area contributed by atoms with Gasteiger partial charge in [0.15, 0.2) is 0 Å². The van der Waals surface area contributed by atoms with Crippen LogP contribution in [0.5, 0.6) is 0 Å². The van der Waals surface area contributed by atoms with Crippen LogP contribution in [-0.2, 0) is 11.3 Å². The molecule has 26 heavy (non-hydrogen) atoms. The number of allylic oxidation sites excluding steroid dienone is 2. The summed E-state index contributed by atoms with van der Waals surface area (Å²) in [7, 11) is 0. The van der Waals surface area contributed by atoms with Crippen LogP contribution >= 0.6 is 0 Å². The first-order valence-electron chi connectivity index (χ1n) is 9.26. The van der Waals surface area contributed by atoms with E-state index in [2.05, 4.69) is 59.7 Å². The molecule has 2 aromatic carbocycles. The van der Waals surface area contributed by atoms with Crippen LogP contribution in [0, 0.1) is 0 Å². The van der Waals surface area contributed by atoms with E-state index in [4.69, 9.17) is 0 Å². The van der Waals surface area contributed by atoms with E-state index in [0.717, 1.165) is 12.0 Å². The molecule has 0 aliphatic heterocycles. The molecule has 0 aliphatic carbocycles. The number of benzene rings is 2. The molecule has 1 N–H and O–H groups in total. The summed E-state index contributed by atoms with van der Waals surface area (Å²) in [5, 5.41) is 2.99. The summed E-state index contributed by atoms with van der Waals surface area (Å²) in [6.07, 6.45) is 5.43. The molecule has 0 fully saturated rings. The van der Waals surface area contributed by atoms with Crippen LogP contribution < -0.4 is 5.32 Å². The molecule has 1 amide bonds. The highest BCUT2D eigenvalue weighted by Gasteiger charge is 2.08. The maximum absolute atomic E-state index is 11.5. The van der Waals surface area contributed by atoms with Gasteiger partial charge in [-0.1, -0.05) is 68.4 Å². The number of hydrogen-bond donors (Lipinski definition) is 1. The van der Waals surface area contributed by atoms with Gasteiger partial charge < -0.3 is 5.32 Å². The molecule has 0 radical (unpaired) electrons. The molecule has 3 nitrogen and oxygen atoms in total. The number of nitrogens with one attached hydrogen (secondary N) is 1. The zero-order valence-electron chi connectivity index (χ0n) is 15.9. The molecule has 0 saturated heterocycles. The van der Waals surface area contributed by atoms with Gasteiger partial charge in [-0.3, -0.25) is 9.79 Å². The van der Waals surface area contributed by atoms with E-state index >= 15 is 0 Å². The molecule has 0 aromatic heterocycles. The molecular formula is C23H28N2O. The molecule has 2 rings (SSSR count). The highest BCUT2D eigenvalue weighted by Crippen LogP contribution is 2.20. The van der Waals surface area contributed by atoms with Gasteiger partial charge in [0.2, 0.25) is 5.91 Å². The van der Waals surface area contributed by atoms with Gasteiger partial charge in [0, 0.05) is 12.6 Å². The lowest BCUT2D eigenvalue weighted by Gasteiger charge is -2.14. The van der Waals surface area contributed by atoms with E-state index < -0.39 is 0 Å². The summed E-state index contributed by atoms with van der Waals surface area (Å²) >= 11 is 0. The first kappa shape index (κ1) is 19.6. The normalized spacial score (nSPS) is 13.0. The van der Waals surface area contributed by atoms with Crippen molar-refractivity contribution in [3.63, 3.8) is 0 Å². The molecule has 1 atom stereocenters. The Kier molecular flexibility index (Phi) is 7.81. The molecule has 0 heterocycles. The summed E-state index contributed by atoms with van der Waals surface area (Å²) in [5.74, 6) is 0.0744. The molecule has 0 spiro atoms. The lowest BCUT2D eigenvalue weighted by molar-refractivity contribution is -0.121. The van der Waals surface area contributed by atoms with Crippen molar-refractivity contribution >= 4 is 17.7 Å². The third-order valence-electron chi connectivity index (χ3n) is 4.36. The minimum atomic E-state index is 0.0259. The van der Waals surface area contributed by atoms with Crippen molar-refractivity contribution in [1.82, 2.24) is 5.32 Å². The third kappa shape index (κ3) is 5.99. The minimum absolute atomic E-state index is 0.0259. The Morgan fingerprint density at radius 3 is 2.35 bits per heavy atom. The Bertz CT molecular complexity index is 746. The van der Waals surface area contributed by atoms with Gasteiger partial charge in [-0.15, -0.1) is 0 Å². The van der Waals surface area contributed by atoms with E-state index in [1.807, 2.05) is 38.3 Å². The molecule has 3 heteroatoms. The quantitative estimate of drug-likeness (QED) is 0.643. The lowest BCUT2D eigenvalue weighted by Crippen LogP contribution is -2.25. The Morgan fingerprint density at radius 2 is 1.73 bits per heavy atom. The van der Waals surface area contributed by atoms with Gasteiger partial charge >= 0.3 is 0 Å². The van der Waals surface area contributed by atoms with Gasteiger partial charge in [-0.05, 0) is 41.7 Å². The first-order chi connectivity index (χ1) is 12.6. The SMILES string of the molecule is CCC(=O)NC(C)c1ccc(/C(=C/C=NCc2ccccc2)CC)cc1. The molecule has 0 saturated carbocycles. The van der Waals surface area contributed by atoms with Gasteiger partial charge in [-0.2, -0.15) is 0 Å². The molecule has 0 aliphatic rings. The Labute approximate surface area is 156 Å². The van der Waals surface area contributed by atoms with Gasteiger partial charge in [0.25, 0.3) is 0 Å². The van der Waals surface area contributed by atoms with Crippen molar-refractivity contribution in [2.75, 3.05) is 0 Å². The second-order valence-electron chi connectivity index (χ2n) is 6.29. The number of amides is 1. The van der Waals surface area contributed by atoms with Crippen LogP contribution in [0.4, 0.5) is 0 Å². The lowest BCUT2D eigenvalue weighted by atomic mass is 9.99. The summed E-state index contributed by atoms with van der Waals surface area (Å²) < 4.78 is 0. The fraction of sp³-hybridized carbons (Fsp3) is 0.304. The second kappa shape index (κ2) is 10.3. The molecule has 136 valence electrons. The van der Waals surface area contributed by atoms with Crippen molar-refractivity contribution in [2.45, 2.75) is 46.2 Å². The van der Waals surface area contributed by atoms with Crippen LogP contribution in [-0.4, -0.2) is 12.1 Å². The van der Waals surface area contributed by atoms with E-state index in [9.17, 15) is 4.79 Å². The first-order valence-corrected chi connectivity index (χ1v) is 9.26. The monoisotopic (exact) mass is 348 g/mol. The zero-order valence-corrected chi connectivity index (χ0v) is 15.9. The fourth-order valence-corrected chi connectivity index (χ4v) is 2.72. The number of rotatable bonds is 8. The van der Waals surface area contributed by atoms with Crippen molar-refractivity contribution in [1.29, 1.82) is 0 Å². The number of carbonyl (C=O) groups is 1.